The highest BCUT2D eigenvalue weighted by Crippen LogP contribution is 2.20. The molecule has 0 amide bonds. The molecule has 0 aliphatic rings. The molecule has 0 atom stereocenters. The van der Waals surface area contributed by atoms with Crippen LogP contribution < -0.4 is 10.1 Å². The minimum atomic E-state index is 0.683. The zero-order valence-electron chi connectivity index (χ0n) is 11.1. The van der Waals surface area contributed by atoms with E-state index in [9.17, 15) is 0 Å². The Kier molecular flexibility index (Phi) is 3.87. The number of nitrogens with zero attached hydrogens (tertiary/aromatic N) is 2. The van der Waals surface area contributed by atoms with Crippen molar-refractivity contribution < 1.29 is 4.74 Å². The second-order valence-corrected chi connectivity index (χ2v) is 4.20. The molecule has 0 bridgehead atoms. The highest BCUT2D eigenvalue weighted by atomic mass is 16.5. The highest BCUT2D eigenvalue weighted by molar-refractivity contribution is 5.47. The van der Waals surface area contributed by atoms with E-state index >= 15 is 0 Å². The smallest absolute Gasteiger partial charge is 0.124 e. The number of aryl methyl sites for hydroxylation is 2. The van der Waals surface area contributed by atoms with Gasteiger partial charge in [-0.1, -0.05) is 18.2 Å². The monoisotopic (exact) mass is 245 g/mol. The SMILES string of the molecule is CCOc1ccccc1CNc1cn(C)nc1C. The van der Waals surface area contributed by atoms with Gasteiger partial charge in [0.2, 0.25) is 0 Å². The molecular formula is C14H19N3O. The number of rotatable bonds is 5. The van der Waals surface area contributed by atoms with E-state index in [1.165, 1.54) is 0 Å². The number of nitrogens with one attached hydrogen (secondary N) is 1. The Bertz CT molecular complexity index is 520. The lowest BCUT2D eigenvalue weighted by molar-refractivity contribution is 0.337. The summed E-state index contributed by atoms with van der Waals surface area (Å²) >= 11 is 0. The molecule has 0 saturated heterocycles. The summed E-state index contributed by atoms with van der Waals surface area (Å²) < 4.78 is 7.41. The van der Waals surface area contributed by atoms with Crippen LogP contribution in [-0.2, 0) is 13.6 Å². The first kappa shape index (κ1) is 12.5. The molecule has 0 fully saturated rings. The van der Waals surface area contributed by atoms with Crippen molar-refractivity contribution in [3.8, 4) is 5.75 Å². The topological polar surface area (TPSA) is 39.1 Å². The van der Waals surface area contributed by atoms with E-state index in [2.05, 4.69) is 16.5 Å². The molecule has 1 aromatic carbocycles. The molecule has 0 spiro atoms. The molecule has 1 aromatic heterocycles. The average Bonchev–Trinajstić information content (AvgIpc) is 2.67. The summed E-state index contributed by atoms with van der Waals surface area (Å²) in [7, 11) is 1.92. The van der Waals surface area contributed by atoms with Crippen molar-refractivity contribution in [2.75, 3.05) is 11.9 Å². The molecule has 0 saturated carbocycles. The second-order valence-electron chi connectivity index (χ2n) is 4.20. The number of aromatic nitrogens is 2. The number of anilines is 1. The summed E-state index contributed by atoms with van der Waals surface area (Å²) in [6.07, 6.45) is 1.98. The lowest BCUT2D eigenvalue weighted by atomic mass is 10.2. The molecule has 1 heterocycles. The predicted molar refractivity (Wildman–Crippen MR) is 72.9 cm³/mol. The van der Waals surface area contributed by atoms with Gasteiger partial charge in [0, 0.05) is 25.4 Å². The third kappa shape index (κ3) is 2.83. The molecule has 2 aromatic rings. The first-order chi connectivity index (χ1) is 8.70. The van der Waals surface area contributed by atoms with Crippen molar-refractivity contribution >= 4 is 5.69 Å². The highest BCUT2D eigenvalue weighted by Gasteiger charge is 2.05. The number of para-hydroxylation sites is 1. The van der Waals surface area contributed by atoms with Crippen LogP contribution in [0.3, 0.4) is 0 Å². The molecular weight excluding hydrogens is 226 g/mol. The Morgan fingerprint density at radius 1 is 1.33 bits per heavy atom. The zero-order chi connectivity index (χ0) is 13.0. The van der Waals surface area contributed by atoms with Crippen LogP contribution in [0.25, 0.3) is 0 Å². The van der Waals surface area contributed by atoms with Crippen LogP contribution in [-0.4, -0.2) is 16.4 Å². The van der Waals surface area contributed by atoms with E-state index in [0.29, 0.717) is 6.61 Å². The van der Waals surface area contributed by atoms with Gasteiger partial charge in [-0.15, -0.1) is 0 Å². The molecule has 2 rings (SSSR count). The molecule has 18 heavy (non-hydrogen) atoms. The van der Waals surface area contributed by atoms with Gasteiger partial charge >= 0.3 is 0 Å². The summed E-state index contributed by atoms with van der Waals surface area (Å²) in [5.41, 5.74) is 3.22. The van der Waals surface area contributed by atoms with E-state index in [4.69, 9.17) is 4.74 Å². The van der Waals surface area contributed by atoms with E-state index in [1.807, 2.05) is 50.0 Å². The van der Waals surface area contributed by atoms with Gasteiger partial charge < -0.3 is 10.1 Å². The Morgan fingerprint density at radius 3 is 2.78 bits per heavy atom. The third-order valence-electron chi connectivity index (χ3n) is 2.76. The average molecular weight is 245 g/mol. The number of hydrogen-bond donors (Lipinski definition) is 1. The van der Waals surface area contributed by atoms with Gasteiger partial charge in [0.05, 0.1) is 18.0 Å². The maximum atomic E-state index is 5.60. The van der Waals surface area contributed by atoms with Gasteiger partial charge in [-0.2, -0.15) is 5.10 Å². The molecule has 4 nitrogen and oxygen atoms in total. The van der Waals surface area contributed by atoms with Crippen molar-refractivity contribution in [2.24, 2.45) is 7.05 Å². The fourth-order valence-corrected chi connectivity index (χ4v) is 1.91. The molecule has 0 aliphatic heterocycles. The fourth-order valence-electron chi connectivity index (χ4n) is 1.91. The van der Waals surface area contributed by atoms with Crippen LogP contribution in [0.1, 0.15) is 18.2 Å². The molecule has 0 radical (unpaired) electrons. The zero-order valence-corrected chi connectivity index (χ0v) is 11.1. The minimum absolute atomic E-state index is 0.683. The number of hydrogen-bond acceptors (Lipinski definition) is 3. The Labute approximate surface area is 108 Å². The molecule has 96 valence electrons. The van der Waals surface area contributed by atoms with E-state index in [-0.39, 0.29) is 0 Å². The standard InChI is InChI=1S/C14H19N3O/c1-4-18-14-8-6-5-7-12(14)9-15-13-10-17(3)16-11(13)2/h5-8,10,15H,4,9H2,1-3H3. The summed E-state index contributed by atoms with van der Waals surface area (Å²) in [6.45, 7) is 5.41. The van der Waals surface area contributed by atoms with Crippen molar-refractivity contribution in [1.82, 2.24) is 9.78 Å². The minimum Gasteiger partial charge on any atom is -0.494 e. The third-order valence-corrected chi connectivity index (χ3v) is 2.76. The summed E-state index contributed by atoms with van der Waals surface area (Å²) in [6, 6.07) is 8.08. The summed E-state index contributed by atoms with van der Waals surface area (Å²) in [5, 5.41) is 7.69. The van der Waals surface area contributed by atoms with Gasteiger partial charge in [-0.05, 0) is 19.9 Å². The predicted octanol–water partition coefficient (Wildman–Crippen LogP) is 2.74. The molecule has 1 N–H and O–H groups in total. The van der Waals surface area contributed by atoms with Crippen molar-refractivity contribution in [3.63, 3.8) is 0 Å². The van der Waals surface area contributed by atoms with Crippen LogP contribution in [0.15, 0.2) is 30.5 Å². The first-order valence-corrected chi connectivity index (χ1v) is 6.15. The summed E-state index contributed by atoms with van der Waals surface area (Å²) in [5.74, 6) is 0.939. The molecule has 0 unspecified atom stereocenters. The second kappa shape index (κ2) is 5.58. The quantitative estimate of drug-likeness (QED) is 0.880. The number of ether oxygens (including phenoxy) is 1. The van der Waals surface area contributed by atoms with Crippen LogP contribution in [0.2, 0.25) is 0 Å². The van der Waals surface area contributed by atoms with Crippen molar-refractivity contribution in [2.45, 2.75) is 20.4 Å². The van der Waals surface area contributed by atoms with E-state index in [1.54, 1.807) is 0 Å². The summed E-state index contributed by atoms with van der Waals surface area (Å²) in [4.78, 5) is 0. The van der Waals surface area contributed by atoms with E-state index in [0.717, 1.165) is 29.2 Å². The lowest BCUT2D eigenvalue weighted by Gasteiger charge is -2.11. The van der Waals surface area contributed by atoms with Gasteiger partial charge in [-0.3, -0.25) is 4.68 Å². The Hall–Kier alpha value is -1.97. The van der Waals surface area contributed by atoms with Crippen LogP contribution >= 0.6 is 0 Å². The molecule has 0 aliphatic carbocycles. The van der Waals surface area contributed by atoms with Crippen LogP contribution in [0.5, 0.6) is 5.75 Å². The lowest BCUT2D eigenvalue weighted by Crippen LogP contribution is -2.03. The van der Waals surface area contributed by atoms with Gasteiger partial charge in [0.25, 0.3) is 0 Å². The maximum Gasteiger partial charge on any atom is 0.124 e. The first-order valence-electron chi connectivity index (χ1n) is 6.15. The molecule has 4 heteroatoms. The van der Waals surface area contributed by atoms with E-state index < -0.39 is 0 Å². The van der Waals surface area contributed by atoms with Crippen LogP contribution in [0.4, 0.5) is 5.69 Å². The maximum absolute atomic E-state index is 5.60. The van der Waals surface area contributed by atoms with Gasteiger partial charge in [-0.25, -0.2) is 0 Å². The van der Waals surface area contributed by atoms with Crippen LogP contribution in [0, 0.1) is 6.92 Å². The Morgan fingerprint density at radius 2 is 2.11 bits per heavy atom. The number of benzene rings is 1. The Balaban J connectivity index is 2.08. The van der Waals surface area contributed by atoms with Gasteiger partial charge in [0.1, 0.15) is 5.75 Å². The van der Waals surface area contributed by atoms with Crippen molar-refractivity contribution in [1.29, 1.82) is 0 Å². The van der Waals surface area contributed by atoms with Gasteiger partial charge in [0.15, 0.2) is 0 Å². The normalized spacial score (nSPS) is 10.4. The van der Waals surface area contributed by atoms with Crippen molar-refractivity contribution in [3.05, 3.63) is 41.7 Å². The fraction of sp³-hybridized carbons (Fsp3) is 0.357. The largest absolute Gasteiger partial charge is 0.494 e.